The van der Waals surface area contributed by atoms with Gasteiger partial charge in [0.05, 0.1) is 5.69 Å². The third-order valence-corrected chi connectivity index (χ3v) is 9.93. The fourth-order valence-corrected chi connectivity index (χ4v) is 7.91. The predicted octanol–water partition coefficient (Wildman–Crippen LogP) is 13.2. The average Bonchev–Trinajstić information content (AvgIpc) is 3.14. The monoisotopic (exact) mass is 595 g/mol. The highest BCUT2D eigenvalue weighted by Crippen LogP contribution is 2.48. The lowest BCUT2D eigenvalue weighted by atomic mass is 9.87. The molecule has 218 valence electrons. The standard InChI is InChI=1S/C46H29N/c1-3-11-30(12-4-1)31-25-27-36(28-26-31)47(35-16-5-2-6-17-35)42-29-34-15-9-20-38-37-18-7-13-32-23-24-33-14-8-19-39(44(33)43(32)37)40-21-10-22-41(42)46(40)45(34)38/h1-29H. The Bertz CT molecular complexity index is 2760. The summed E-state index contributed by atoms with van der Waals surface area (Å²) in [5.41, 5.74) is 5.86. The molecule has 0 radical (unpaired) electrons. The molecular weight excluding hydrogens is 567 g/mol. The van der Waals surface area contributed by atoms with Crippen molar-refractivity contribution in [3.05, 3.63) is 176 Å². The van der Waals surface area contributed by atoms with Gasteiger partial charge in [0.1, 0.15) is 0 Å². The van der Waals surface area contributed by atoms with Crippen LogP contribution in [0, 0.1) is 0 Å². The lowest BCUT2D eigenvalue weighted by molar-refractivity contribution is 1.30. The molecule has 0 amide bonds. The van der Waals surface area contributed by atoms with Crippen molar-refractivity contribution in [3.8, 4) is 11.1 Å². The summed E-state index contributed by atoms with van der Waals surface area (Å²) in [7, 11) is 0. The minimum Gasteiger partial charge on any atom is -0.310 e. The molecule has 0 aliphatic rings. The zero-order valence-electron chi connectivity index (χ0n) is 25.7. The maximum Gasteiger partial charge on any atom is 0.0546 e. The van der Waals surface area contributed by atoms with E-state index in [1.54, 1.807) is 0 Å². The van der Waals surface area contributed by atoms with Crippen molar-refractivity contribution in [2.24, 2.45) is 0 Å². The molecule has 0 atom stereocenters. The van der Waals surface area contributed by atoms with Gasteiger partial charge in [-0.3, -0.25) is 0 Å². The molecule has 0 aliphatic carbocycles. The quantitative estimate of drug-likeness (QED) is 0.183. The van der Waals surface area contributed by atoms with Crippen LogP contribution < -0.4 is 4.90 Å². The summed E-state index contributed by atoms with van der Waals surface area (Å²) in [6.45, 7) is 0. The van der Waals surface area contributed by atoms with Crippen molar-refractivity contribution >= 4 is 81.7 Å². The van der Waals surface area contributed by atoms with Crippen LogP contribution in [0.15, 0.2) is 176 Å². The summed E-state index contributed by atoms with van der Waals surface area (Å²) in [6.07, 6.45) is 0. The van der Waals surface area contributed by atoms with Crippen molar-refractivity contribution in [2.75, 3.05) is 4.90 Å². The van der Waals surface area contributed by atoms with Crippen LogP contribution in [-0.2, 0) is 0 Å². The average molecular weight is 596 g/mol. The van der Waals surface area contributed by atoms with Gasteiger partial charge in [-0.2, -0.15) is 0 Å². The van der Waals surface area contributed by atoms with Gasteiger partial charge in [0.25, 0.3) is 0 Å². The topological polar surface area (TPSA) is 3.24 Å². The molecule has 0 spiro atoms. The summed E-state index contributed by atoms with van der Waals surface area (Å²) in [6, 6.07) is 64.6. The van der Waals surface area contributed by atoms with Crippen LogP contribution in [0.4, 0.5) is 17.1 Å². The summed E-state index contributed by atoms with van der Waals surface area (Å²) < 4.78 is 0. The van der Waals surface area contributed by atoms with Gasteiger partial charge in [0.2, 0.25) is 0 Å². The lowest BCUT2D eigenvalue weighted by Gasteiger charge is -2.28. The van der Waals surface area contributed by atoms with Gasteiger partial charge >= 0.3 is 0 Å². The zero-order chi connectivity index (χ0) is 30.9. The van der Waals surface area contributed by atoms with Crippen molar-refractivity contribution in [1.82, 2.24) is 0 Å². The van der Waals surface area contributed by atoms with Gasteiger partial charge in [0.15, 0.2) is 0 Å². The van der Waals surface area contributed by atoms with Crippen LogP contribution in [0.25, 0.3) is 75.8 Å². The van der Waals surface area contributed by atoms with Crippen molar-refractivity contribution in [1.29, 1.82) is 0 Å². The second-order valence-corrected chi connectivity index (χ2v) is 12.5. The van der Waals surface area contributed by atoms with Crippen LogP contribution in [-0.4, -0.2) is 0 Å². The van der Waals surface area contributed by atoms with E-state index >= 15 is 0 Å². The molecular formula is C46H29N. The molecule has 0 bridgehead atoms. The summed E-state index contributed by atoms with van der Waals surface area (Å²) in [5, 5.41) is 15.5. The van der Waals surface area contributed by atoms with Crippen LogP contribution in [0.3, 0.4) is 0 Å². The van der Waals surface area contributed by atoms with E-state index < -0.39 is 0 Å². The van der Waals surface area contributed by atoms with Gasteiger partial charge in [-0.1, -0.05) is 146 Å². The molecule has 0 saturated heterocycles. The van der Waals surface area contributed by atoms with Gasteiger partial charge in [-0.25, -0.2) is 0 Å². The highest BCUT2D eigenvalue weighted by molar-refractivity contribution is 6.38. The van der Waals surface area contributed by atoms with Crippen molar-refractivity contribution in [2.45, 2.75) is 0 Å². The molecule has 10 rings (SSSR count). The summed E-state index contributed by atoms with van der Waals surface area (Å²) in [4.78, 5) is 2.42. The molecule has 10 aromatic rings. The molecule has 0 N–H and O–H groups in total. The molecule has 0 heterocycles. The minimum absolute atomic E-state index is 1.13. The first-order valence-corrected chi connectivity index (χ1v) is 16.3. The third-order valence-electron chi connectivity index (χ3n) is 9.93. The summed E-state index contributed by atoms with van der Waals surface area (Å²) in [5.74, 6) is 0. The first-order valence-electron chi connectivity index (χ1n) is 16.3. The number of benzene rings is 9. The van der Waals surface area contributed by atoms with Crippen LogP contribution in [0.2, 0.25) is 0 Å². The molecule has 0 fully saturated rings. The number of hydrogen-bond donors (Lipinski definition) is 0. The number of fused-ring (bicyclic) bond motifs is 2. The van der Waals surface area contributed by atoms with E-state index in [0.717, 1.165) is 11.4 Å². The van der Waals surface area contributed by atoms with E-state index in [1.807, 2.05) is 0 Å². The van der Waals surface area contributed by atoms with E-state index in [1.165, 1.54) is 81.4 Å². The molecule has 0 unspecified atom stereocenters. The maximum atomic E-state index is 2.42. The molecule has 0 aromatic heterocycles. The second kappa shape index (κ2) is 10.2. The Morgan fingerprint density at radius 3 is 1.34 bits per heavy atom. The van der Waals surface area contributed by atoms with Crippen LogP contribution in [0.5, 0.6) is 0 Å². The highest BCUT2D eigenvalue weighted by atomic mass is 15.1. The van der Waals surface area contributed by atoms with E-state index in [2.05, 4.69) is 181 Å². The summed E-state index contributed by atoms with van der Waals surface area (Å²) >= 11 is 0. The van der Waals surface area contributed by atoms with E-state index in [0.29, 0.717) is 0 Å². The molecule has 0 saturated carbocycles. The number of anilines is 3. The Morgan fingerprint density at radius 2 is 0.723 bits per heavy atom. The number of hydrogen-bond acceptors (Lipinski definition) is 1. The fourth-order valence-electron chi connectivity index (χ4n) is 7.91. The largest absolute Gasteiger partial charge is 0.310 e. The molecule has 10 aromatic carbocycles. The SMILES string of the molecule is c1ccc(-c2ccc(N(c3ccccc3)c3cc4cccc5c6cccc7ccc8cccc(c9cccc3c9c45)c8c76)cc2)cc1. The maximum absolute atomic E-state index is 2.42. The minimum atomic E-state index is 1.13. The second-order valence-electron chi connectivity index (χ2n) is 12.5. The van der Waals surface area contributed by atoms with Crippen molar-refractivity contribution in [3.63, 3.8) is 0 Å². The zero-order valence-corrected chi connectivity index (χ0v) is 25.7. The first-order chi connectivity index (χ1) is 23.3. The molecule has 1 nitrogen and oxygen atoms in total. The van der Waals surface area contributed by atoms with Crippen molar-refractivity contribution < 1.29 is 0 Å². The highest BCUT2D eigenvalue weighted by Gasteiger charge is 2.21. The van der Waals surface area contributed by atoms with E-state index in [4.69, 9.17) is 0 Å². The number of rotatable bonds is 4. The normalized spacial score (nSPS) is 11.8. The van der Waals surface area contributed by atoms with Gasteiger partial charge in [0, 0.05) is 22.1 Å². The Hall–Kier alpha value is -6.18. The predicted molar refractivity (Wildman–Crippen MR) is 203 cm³/mol. The molecule has 47 heavy (non-hydrogen) atoms. The Labute approximate surface area is 272 Å². The fraction of sp³-hybridized carbons (Fsp3) is 0. The van der Waals surface area contributed by atoms with Crippen LogP contribution in [0.1, 0.15) is 0 Å². The smallest absolute Gasteiger partial charge is 0.0546 e. The Kier molecular flexibility index (Phi) is 5.64. The number of para-hydroxylation sites is 1. The molecule has 1 heteroatoms. The van der Waals surface area contributed by atoms with E-state index in [-0.39, 0.29) is 0 Å². The van der Waals surface area contributed by atoms with E-state index in [9.17, 15) is 0 Å². The van der Waals surface area contributed by atoms with Gasteiger partial charge in [-0.15, -0.1) is 0 Å². The first kappa shape index (κ1) is 26.1. The van der Waals surface area contributed by atoms with Gasteiger partial charge in [-0.05, 0) is 95.3 Å². The molecule has 0 aliphatic heterocycles. The van der Waals surface area contributed by atoms with Gasteiger partial charge < -0.3 is 4.90 Å². The Morgan fingerprint density at radius 1 is 0.277 bits per heavy atom. The number of nitrogens with zero attached hydrogens (tertiary/aromatic N) is 1. The lowest BCUT2D eigenvalue weighted by Crippen LogP contribution is -2.10. The van der Waals surface area contributed by atoms with Crippen LogP contribution >= 0.6 is 0 Å². The third kappa shape index (κ3) is 3.90. The Balaban J connectivity index is 1.36.